The van der Waals surface area contributed by atoms with Crippen molar-refractivity contribution in [3.8, 4) is 34.1 Å². The number of aromatic nitrogens is 1. The van der Waals surface area contributed by atoms with Gasteiger partial charge in [0.2, 0.25) is 6.79 Å². The Bertz CT molecular complexity index is 2010. The number of halogens is 4. The lowest BCUT2D eigenvalue weighted by Gasteiger charge is -2.11. The molecule has 1 aliphatic heterocycles. The molecule has 0 bridgehead atoms. The fraction of sp³-hybridized carbons (Fsp3) is 0.121. The third-order valence-corrected chi connectivity index (χ3v) is 7.30. The lowest BCUT2D eigenvalue weighted by Crippen LogP contribution is -2.19. The Kier molecular flexibility index (Phi) is 8.29. The number of rotatable bonds is 8. The number of benzene rings is 4. The van der Waals surface area contributed by atoms with Gasteiger partial charge in [-0.05, 0) is 61.0 Å². The molecule has 234 valence electrons. The van der Waals surface area contributed by atoms with Gasteiger partial charge in [0.15, 0.2) is 23.0 Å². The fourth-order valence-electron chi connectivity index (χ4n) is 4.93. The number of nitrogens with one attached hydrogen (secondary N) is 2. The fourth-order valence-corrected chi connectivity index (χ4v) is 5.16. The number of esters is 1. The molecule has 0 saturated heterocycles. The molecule has 1 aromatic heterocycles. The van der Waals surface area contributed by atoms with Crippen molar-refractivity contribution in [1.29, 1.82) is 0 Å². The molecular weight excluding hydrogens is 627 g/mol. The van der Waals surface area contributed by atoms with Crippen LogP contribution in [-0.2, 0) is 6.18 Å². The minimum absolute atomic E-state index is 0.0646. The van der Waals surface area contributed by atoms with Gasteiger partial charge in [0.05, 0.1) is 29.5 Å². The van der Waals surface area contributed by atoms with E-state index >= 15 is 0 Å². The maximum Gasteiger partial charge on any atom is 0.418 e. The maximum atomic E-state index is 13.8. The number of amides is 1. The smallest absolute Gasteiger partial charge is 0.418 e. The van der Waals surface area contributed by atoms with Crippen molar-refractivity contribution in [2.45, 2.75) is 13.1 Å². The van der Waals surface area contributed by atoms with Gasteiger partial charge in [0, 0.05) is 21.5 Å². The predicted molar refractivity (Wildman–Crippen MR) is 164 cm³/mol. The van der Waals surface area contributed by atoms with Crippen molar-refractivity contribution in [2.24, 2.45) is 5.10 Å². The summed E-state index contributed by atoms with van der Waals surface area (Å²) in [6, 6.07) is 19.5. The van der Waals surface area contributed by atoms with Crippen molar-refractivity contribution < 1.29 is 41.7 Å². The molecule has 9 nitrogen and oxygen atoms in total. The summed E-state index contributed by atoms with van der Waals surface area (Å²) < 4.78 is 63.3. The summed E-state index contributed by atoms with van der Waals surface area (Å²) in [6.07, 6.45) is -3.36. The number of para-hydroxylation sites is 1. The van der Waals surface area contributed by atoms with Crippen LogP contribution in [0.2, 0.25) is 5.02 Å². The standard InChI is InChI=1S/C33H23ClF3N3O6/c1-2-43-26-14-18(10-12-25(26)46-32(42)19-11-13-24-27(15-19)45-17-44-24)16-38-40-31(41)30-28(20-6-3-4-9-23(20)34)21-7-5-8-22(29(21)39-30)33(35,36)37/h3-16,39H,2,17H2,1H3,(H,40,41). The molecule has 0 saturated carbocycles. The lowest BCUT2D eigenvalue weighted by atomic mass is 10.00. The molecule has 6 rings (SSSR count). The van der Waals surface area contributed by atoms with E-state index in [1.165, 1.54) is 30.5 Å². The first-order valence-corrected chi connectivity index (χ1v) is 14.2. The normalized spacial score (nSPS) is 12.5. The Morgan fingerprint density at radius 3 is 2.59 bits per heavy atom. The first-order valence-electron chi connectivity index (χ1n) is 13.8. The van der Waals surface area contributed by atoms with E-state index in [2.05, 4.69) is 15.5 Å². The minimum Gasteiger partial charge on any atom is -0.490 e. The number of hydrogen-bond acceptors (Lipinski definition) is 7. The molecule has 2 heterocycles. The molecular formula is C33H23ClF3N3O6. The van der Waals surface area contributed by atoms with Crippen LogP contribution in [0.25, 0.3) is 22.0 Å². The maximum absolute atomic E-state index is 13.8. The summed E-state index contributed by atoms with van der Waals surface area (Å²) >= 11 is 6.40. The molecule has 4 aromatic carbocycles. The number of aromatic amines is 1. The monoisotopic (exact) mass is 649 g/mol. The summed E-state index contributed by atoms with van der Waals surface area (Å²) in [5, 5.41) is 4.42. The van der Waals surface area contributed by atoms with Crippen molar-refractivity contribution in [2.75, 3.05) is 13.4 Å². The number of hydrazone groups is 1. The quantitative estimate of drug-likeness (QED) is 0.0774. The van der Waals surface area contributed by atoms with E-state index in [9.17, 15) is 22.8 Å². The van der Waals surface area contributed by atoms with Gasteiger partial charge < -0.3 is 23.9 Å². The van der Waals surface area contributed by atoms with Crippen molar-refractivity contribution in [1.82, 2.24) is 10.4 Å². The van der Waals surface area contributed by atoms with Crippen LogP contribution in [-0.4, -0.2) is 36.5 Å². The van der Waals surface area contributed by atoms with Gasteiger partial charge in [-0.15, -0.1) is 0 Å². The second-order valence-corrected chi connectivity index (χ2v) is 10.3. The average molecular weight is 650 g/mol. The summed E-state index contributed by atoms with van der Waals surface area (Å²) in [4.78, 5) is 28.8. The zero-order valence-corrected chi connectivity index (χ0v) is 24.7. The van der Waals surface area contributed by atoms with Crippen molar-refractivity contribution in [3.63, 3.8) is 0 Å². The van der Waals surface area contributed by atoms with Gasteiger partial charge in [0.25, 0.3) is 5.91 Å². The van der Waals surface area contributed by atoms with E-state index in [0.29, 0.717) is 22.6 Å². The van der Waals surface area contributed by atoms with Crippen LogP contribution in [0.3, 0.4) is 0 Å². The second-order valence-electron chi connectivity index (χ2n) is 9.88. The lowest BCUT2D eigenvalue weighted by molar-refractivity contribution is -0.136. The van der Waals surface area contributed by atoms with Crippen LogP contribution in [0.15, 0.2) is 84.0 Å². The Hall–Kier alpha value is -5.49. The molecule has 0 unspecified atom stereocenters. The van der Waals surface area contributed by atoms with E-state index < -0.39 is 23.6 Å². The molecule has 0 aliphatic carbocycles. The van der Waals surface area contributed by atoms with Crippen molar-refractivity contribution >= 4 is 40.6 Å². The highest BCUT2D eigenvalue weighted by Gasteiger charge is 2.35. The first kappa shape index (κ1) is 30.5. The van der Waals surface area contributed by atoms with E-state index in [1.807, 2.05) is 0 Å². The highest BCUT2D eigenvalue weighted by atomic mass is 35.5. The van der Waals surface area contributed by atoms with Crippen LogP contribution in [0, 0.1) is 0 Å². The average Bonchev–Trinajstić information content (AvgIpc) is 3.66. The molecule has 1 amide bonds. The van der Waals surface area contributed by atoms with Crippen molar-refractivity contribution in [3.05, 3.63) is 106 Å². The van der Waals surface area contributed by atoms with E-state index in [1.54, 1.807) is 55.5 Å². The zero-order chi connectivity index (χ0) is 32.4. The number of carbonyl (C=O) groups excluding carboxylic acids is 2. The zero-order valence-electron chi connectivity index (χ0n) is 23.9. The van der Waals surface area contributed by atoms with Gasteiger partial charge in [-0.1, -0.05) is 41.9 Å². The van der Waals surface area contributed by atoms with Gasteiger partial charge >= 0.3 is 12.1 Å². The summed E-state index contributed by atoms with van der Waals surface area (Å²) in [6.45, 7) is 2.08. The minimum atomic E-state index is -4.67. The molecule has 0 fully saturated rings. The van der Waals surface area contributed by atoms with Crippen LogP contribution >= 0.6 is 11.6 Å². The van der Waals surface area contributed by atoms with Crippen LogP contribution in [0.4, 0.5) is 13.2 Å². The SMILES string of the molecule is CCOc1cc(C=NNC(=O)c2[nH]c3c(C(F)(F)F)cccc3c2-c2ccccc2Cl)ccc1OC(=O)c1ccc2c(c1)OCO2. The molecule has 2 N–H and O–H groups in total. The number of carbonyl (C=O) groups is 2. The molecule has 0 radical (unpaired) electrons. The molecule has 0 atom stereocenters. The third kappa shape index (κ3) is 6.07. The number of H-pyrrole nitrogens is 1. The Morgan fingerprint density at radius 1 is 1.00 bits per heavy atom. The van der Waals surface area contributed by atoms with Gasteiger partial charge in [-0.25, -0.2) is 10.2 Å². The third-order valence-electron chi connectivity index (χ3n) is 6.97. The predicted octanol–water partition coefficient (Wildman–Crippen LogP) is 7.62. The van der Waals surface area contributed by atoms with Crippen LogP contribution in [0.5, 0.6) is 23.0 Å². The molecule has 0 spiro atoms. The first-order chi connectivity index (χ1) is 22.1. The molecule has 5 aromatic rings. The largest absolute Gasteiger partial charge is 0.490 e. The Labute approximate surface area is 264 Å². The number of nitrogens with zero attached hydrogens (tertiary/aromatic N) is 1. The Balaban J connectivity index is 1.25. The number of alkyl halides is 3. The second kappa shape index (κ2) is 12.5. The van der Waals surface area contributed by atoms with E-state index in [0.717, 1.165) is 6.07 Å². The molecule has 13 heteroatoms. The summed E-state index contributed by atoms with van der Waals surface area (Å²) in [5.74, 6) is -0.0980. The van der Waals surface area contributed by atoms with Gasteiger partial charge in [-0.3, -0.25) is 4.79 Å². The highest BCUT2D eigenvalue weighted by molar-refractivity contribution is 6.34. The number of ether oxygens (including phenoxy) is 4. The van der Waals surface area contributed by atoms with E-state index in [4.69, 9.17) is 30.5 Å². The Morgan fingerprint density at radius 2 is 1.80 bits per heavy atom. The molecule has 1 aliphatic rings. The molecule has 46 heavy (non-hydrogen) atoms. The van der Waals surface area contributed by atoms with E-state index in [-0.39, 0.29) is 57.6 Å². The van der Waals surface area contributed by atoms with Crippen LogP contribution < -0.4 is 24.4 Å². The topological polar surface area (TPSA) is 111 Å². The van der Waals surface area contributed by atoms with Gasteiger partial charge in [-0.2, -0.15) is 18.3 Å². The van der Waals surface area contributed by atoms with Gasteiger partial charge in [0.1, 0.15) is 5.69 Å². The van der Waals surface area contributed by atoms with Crippen LogP contribution in [0.1, 0.15) is 38.9 Å². The summed E-state index contributed by atoms with van der Waals surface area (Å²) in [5.41, 5.74) is 2.31. The highest BCUT2D eigenvalue weighted by Crippen LogP contribution is 2.41. The number of hydrogen-bond donors (Lipinski definition) is 2. The number of fused-ring (bicyclic) bond motifs is 2. The summed E-state index contributed by atoms with van der Waals surface area (Å²) in [7, 11) is 0.